The van der Waals surface area contributed by atoms with Crippen molar-refractivity contribution in [1.82, 2.24) is 15.1 Å². The largest absolute Gasteiger partial charge is 0.496 e. The molecule has 152 valence electrons. The maximum absolute atomic E-state index is 13.0. The molecule has 1 aromatic carbocycles. The van der Waals surface area contributed by atoms with Crippen molar-refractivity contribution >= 4 is 17.8 Å². The topological polar surface area (TPSA) is 88.2 Å². The number of hydrogen-bond donors (Lipinski definition) is 1. The number of morpholine rings is 1. The van der Waals surface area contributed by atoms with E-state index in [9.17, 15) is 14.4 Å². The van der Waals surface area contributed by atoms with Gasteiger partial charge in [0, 0.05) is 19.5 Å². The maximum Gasteiger partial charge on any atom is 0.325 e. The van der Waals surface area contributed by atoms with Crippen LogP contribution in [-0.2, 0) is 20.7 Å². The van der Waals surface area contributed by atoms with Crippen molar-refractivity contribution in [3.63, 3.8) is 0 Å². The molecule has 8 heteroatoms. The molecule has 2 aliphatic heterocycles. The van der Waals surface area contributed by atoms with Gasteiger partial charge in [0.25, 0.3) is 5.91 Å². The third kappa shape index (κ3) is 3.96. The van der Waals surface area contributed by atoms with E-state index in [0.717, 1.165) is 10.5 Å². The van der Waals surface area contributed by atoms with E-state index in [1.54, 1.807) is 18.9 Å². The van der Waals surface area contributed by atoms with Gasteiger partial charge in [-0.1, -0.05) is 18.2 Å². The number of carbonyl (C=O) groups is 3. The number of nitrogens with one attached hydrogen (secondary N) is 1. The van der Waals surface area contributed by atoms with Crippen molar-refractivity contribution in [2.75, 3.05) is 26.7 Å². The fourth-order valence-electron chi connectivity index (χ4n) is 3.86. The summed E-state index contributed by atoms with van der Waals surface area (Å²) in [6, 6.07) is 6.81. The van der Waals surface area contributed by atoms with Gasteiger partial charge in [-0.25, -0.2) is 4.79 Å². The van der Waals surface area contributed by atoms with Crippen LogP contribution in [0.5, 0.6) is 5.75 Å². The number of benzene rings is 1. The van der Waals surface area contributed by atoms with Crippen molar-refractivity contribution < 1.29 is 23.9 Å². The summed E-state index contributed by atoms with van der Waals surface area (Å²) in [4.78, 5) is 40.8. The lowest BCUT2D eigenvalue weighted by atomic mass is 9.92. The van der Waals surface area contributed by atoms with Crippen LogP contribution in [0.15, 0.2) is 24.3 Å². The Morgan fingerprint density at radius 3 is 2.54 bits per heavy atom. The lowest BCUT2D eigenvalue weighted by Gasteiger charge is -2.35. The molecule has 28 heavy (non-hydrogen) atoms. The van der Waals surface area contributed by atoms with Gasteiger partial charge in [0.05, 0.1) is 19.3 Å². The summed E-state index contributed by atoms with van der Waals surface area (Å²) in [5.74, 6) is -0.0188. The monoisotopic (exact) mass is 389 g/mol. The predicted octanol–water partition coefficient (Wildman–Crippen LogP) is 1.18. The summed E-state index contributed by atoms with van der Waals surface area (Å²) >= 11 is 0. The Bertz CT molecular complexity index is 773. The summed E-state index contributed by atoms with van der Waals surface area (Å²) in [6.45, 7) is 6.09. The van der Waals surface area contributed by atoms with Crippen LogP contribution in [0, 0.1) is 0 Å². The molecule has 0 spiro atoms. The normalized spacial score (nSPS) is 27.7. The Labute approximate surface area is 164 Å². The van der Waals surface area contributed by atoms with Crippen LogP contribution < -0.4 is 10.1 Å². The van der Waals surface area contributed by atoms with Crippen LogP contribution in [0.25, 0.3) is 0 Å². The van der Waals surface area contributed by atoms with Crippen LogP contribution in [0.4, 0.5) is 4.79 Å². The van der Waals surface area contributed by atoms with Gasteiger partial charge in [-0.2, -0.15) is 0 Å². The fraction of sp³-hybridized carbons (Fsp3) is 0.550. The molecule has 0 saturated carbocycles. The Morgan fingerprint density at radius 2 is 1.89 bits per heavy atom. The number of para-hydroxylation sites is 1. The highest BCUT2D eigenvalue weighted by Gasteiger charge is 2.49. The second-order valence-electron chi connectivity index (χ2n) is 7.70. The first-order valence-corrected chi connectivity index (χ1v) is 9.42. The van der Waals surface area contributed by atoms with Gasteiger partial charge in [-0.3, -0.25) is 14.5 Å². The van der Waals surface area contributed by atoms with Gasteiger partial charge in [-0.05, 0) is 32.4 Å². The van der Waals surface area contributed by atoms with E-state index < -0.39 is 17.5 Å². The van der Waals surface area contributed by atoms with E-state index in [2.05, 4.69) is 5.32 Å². The van der Waals surface area contributed by atoms with E-state index in [4.69, 9.17) is 9.47 Å². The van der Waals surface area contributed by atoms with Crippen LogP contribution >= 0.6 is 0 Å². The van der Waals surface area contributed by atoms with Gasteiger partial charge in [0.2, 0.25) is 5.91 Å². The summed E-state index contributed by atoms with van der Waals surface area (Å²) in [5.41, 5.74) is -0.317. The van der Waals surface area contributed by atoms with Crippen LogP contribution in [0.3, 0.4) is 0 Å². The SMILES string of the molecule is COc1ccccc1C[C@]1(C)NC(=O)N(CC(=O)N2C[C@H](C)O[C@@H](C)C2)C1=O. The second kappa shape index (κ2) is 7.79. The third-order valence-corrected chi connectivity index (χ3v) is 5.15. The molecule has 2 fully saturated rings. The summed E-state index contributed by atoms with van der Waals surface area (Å²) in [6.07, 6.45) is 0.121. The Balaban J connectivity index is 1.71. The molecule has 1 aromatic rings. The quantitative estimate of drug-likeness (QED) is 0.764. The average molecular weight is 389 g/mol. The molecule has 3 rings (SSSR count). The van der Waals surface area contributed by atoms with Gasteiger partial charge < -0.3 is 19.7 Å². The highest BCUT2D eigenvalue weighted by Crippen LogP contribution is 2.27. The minimum atomic E-state index is -1.13. The van der Waals surface area contributed by atoms with Crippen molar-refractivity contribution in [2.45, 2.75) is 44.9 Å². The smallest absolute Gasteiger partial charge is 0.325 e. The van der Waals surface area contributed by atoms with E-state index >= 15 is 0 Å². The van der Waals surface area contributed by atoms with Crippen LogP contribution in [-0.4, -0.2) is 72.1 Å². The number of rotatable bonds is 5. The molecule has 2 aliphatic rings. The van der Waals surface area contributed by atoms with Gasteiger partial charge >= 0.3 is 6.03 Å². The highest BCUT2D eigenvalue weighted by molar-refractivity contribution is 6.09. The number of amides is 4. The molecule has 2 saturated heterocycles. The average Bonchev–Trinajstić information content (AvgIpc) is 2.84. The predicted molar refractivity (Wildman–Crippen MR) is 102 cm³/mol. The molecule has 0 bridgehead atoms. The summed E-state index contributed by atoms with van der Waals surface area (Å²) in [5, 5.41) is 2.74. The van der Waals surface area contributed by atoms with Crippen molar-refractivity contribution in [1.29, 1.82) is 0 Å². The number of imide groups is 1. The van der Waals surface area contributed by atoms with Crippen LogP contribution in [0.1, 0.15) is 26.3 Å². The Kier molecular flexibility index (Phi) is 5.60. The number of methoxy groups -OCH3 is 1. The Morgan fingerprint density at radius 1 is 1.25 bits per heavy atom. The number of ether oxygens (including phenoxy) is 2. The number of carbonyl (C=O) groups excluding carboxylic acids is 3. The highest BCUT2D eigenvalue weighted by atomic mass is 16.5. The number of urea groups is 1. The fourth-order valence-corrected chi connectivity index (χ4v) is 3.86. The number of hydrogen-bond acceptors (Lipinski definition) is 5. The Hall–Kier alpha value is -2.61. The first-order valence-electron chi connectivity index (χ1n) is 9.42. The van der Waals surface area contributed by atoms with E-state index in [1.165, 1.54) is 0 Å². The molecule has 0 aliphatic carbocycles. The van der Waals surface area contributed by atoms with E-state index in [0.29, 0.717) is 18.8 Å². The zero-order valence-corrected chi connectivity index (χ0v) is 16.7. The standard InChI is InChI=1S/C20H27N3O5/c1-13-10-22(11-14(2)28-13)17(24)12-23-18(25)20(3,21-19(23)26)9-15-7-5-6-8-16(15)27-4/h5-8,13-14H,9-12H2,1-4H3,(H,21,26)/t13-,14-,20-/m0/s1. The summed E-state index contributed by atoms with van der Waals surface area (Å²) in [7, 11) is 1.56. The first-order chi connectivity index (χ1) is 13.2. The van der Waals surface area contributed by atoms with Crippen LogP contribution in [0.2, 0.25) is 0 Å². The van der Waals surface area contributed by atoms with Crippen molar-refractivity contribution in [3.8, 4) is 5.75 Å². The number of nitrogens with zero attached hydrogens (tertiary/aromatic N) is 2. The molecule has 0 unspecified atom stereocenters. The molecular weight excluding hydrogens is 362 g/mol. The minimum absolute atomic E-state index is 0.0772. The zero-order valence-electron chi connectivity index (χ0n) is 16.7. The molecule has 4 amide bonds. The minimum Gasteiger partial charge on any atom is -0.496 e. The van der Waals surface area contributed by atoms with E-state index in [-0.39, 0.29) is 31.1 Å². The van der Waals surface area contributed by atoms with Crippen molar-refractivity contribution in [3.05, 3.63) is 29.8 Å². The van der Waals surface area contributed by atoms with Crippen molar-refractivity contribution in [2.24, 2.45) is 0 Å². The summed E-state index contributed by atoms with van der Waals surface area (Å²) < 4.78 is 11.0. The molecule has 8 nitrogen and oxygen atoms in total. The lowest BCUT2D eigenvalue weighted by Crippen LogP contribution is -2.52. The molecule has 0 radical (unpaired) electrons. The second-order valence-corrected chi connectivity index (χ2v) is 7.70. The maximum atomic E-state index is 13.0. The molecule has 1 N–H and O–H groups in total. The van der Waals surface area contributed by atoms with Gasteiger partial charge in [-0.15, -0.1) is 0 Å². The van der Waals surface area contributed by atoms with E-state index in [1.807, 2.05) is 38.1 Å². The first kappa shape index (κ1) is 20.1. The molecule has 3 atom stereocenters. The van der Waals surface area contributed by atoms with Gasteiger partial charge in [0.15, 0.2) is 0 Å². The van der Waals surface area contributed by atoms with Gasteiger partial charge in [0.1, 0.15) is 17.8 Å². The molecular formula is C20H27N3O5. The molecule has 0 aromatic heterocycles. The lowest BCUT2D eigenvalue weighted by molar-refractivity contribution is -0.146. The zero-order chi connectivity index (χ0) is 20.5. The molecule has 2 heterocycles. The third-order valence-electron chi connectivity index (χ3n) is 5.15.